The summed E-state index contributed by atoms with van der Waals surface area (Å²) in [7, 11) is 0. The Morgan fingerprint density at radius 3 is 1.87 bits per heavy atom. The van der Waals surface area contributed by atoms with E-state index in [1.54, 1.807) is 11.3 Å². The SMILES string of the molecule is c1ccc(C(c2ccccc2)(c2cccs2)n2cccn2)cc1. The van der Waals surface area contributed by atoms with Crippen LogP contribution in [-0.4, -0.2) is 9.78 Å². The van der Waals surface area contributed by atoms with Crippen molar-refractivity contribution < 1.29 is 0 Å². The highest BCUT2D eigenvalue weighted by Crippen LogP contribution is 2.42. The summed E-state index contributed by atoms with van der Waals surface area (Å²) in [6.07, 6.45) is 3.88. The van der Waals surface area contributed by atoms with Gasteiger partial charge in [-0.2, -0.15) is 5.10 Å². The third-order valence-electron chi connectivity index (χ3n) is 4.11. The predicted molar refractivity (Wildman–Crippen MR) is 94.7 cm³/mol. The molecule has 0 aliphatic carbocycles. The van der Waals surface area contributed by atoms with E-state index in [4.69, 9.17) is 0 Å². The highest BCUT2D eigenvalue weighted by atomic mass is 32.1. The normalized spacial score (nSPS) is 11.5. The van der Waals surface area contributed by atoms with Crippen LogP contribution in [-0.2, 0) is 5.54 Å². The third kappa shape index (κ3) is 2.21. The van der Waals surface area contributed by atoms with E-state index in [0.717, 1.165) is 0 Å². The van der Waals surface area contributed by atoms with Crippen LogP contribution >= 0.6 is 11.3 Å². The van der Waals surface area contributed by atoms with Gasteiger partial charge in [0.1, 0.15) is 5.54 Å². The maximum absolute atomic E-state index is 4.62. The van der Waals surface area contributed by atoms with Gasteiger partial charge in [-0.05, 0) is 28.6 Å². The summed E-state index contributed by atoms with van der Waals surface area (Å²) in [4.78, 5) is 1.25. The molecule has 0 spiro atoms. The van der Waals surface area contributed by atoms with Crippen LogP contribution in [0.3, 0.4) is 0 Å². The summed E-state index contributed by atoms with van der Waals surface area (Å²) in [5.74, 6) is 0. The van der Waals surface area contributed by atoms with Gasteiger partial charge in [0.05, 0.1) is 0 Å². The summed E-state index contributed by atoms with van der Waals surface area (Å²) >= 11 is 1.76. The lowest BCUT2D eigenvalue weighted by molar-refractivity contribution is 0.468. The molecule has 0 aliphatic heterocycles. The van der Waals surface area contributed by atoms with Gasteiger partial charge in [0.25, 0.3) is 0 Å². The highest BCUT2D eigenvalue weighted by Gasteiger charge is 2.39. The van der Waals surface area contributed by atoms with E-state index in [9.17, 15) is 0 Å². The first kappa shape index (κ1) is 14.0. The maximum atomic E-state index is 4.62. The molecule has 0 saturated heterocycles. The Morgan fingerprint density at radius 2 is 1.39 bits per heavy atom. The summed E-state index contributed by atoms with van der Waals surface area (Å²) in [6.45, 7) is 0. The fraction of sp³-hybridized carbons (Fsp3) is 0.0500. The largest absolute Gasteiger partial charge is 0.252 e. The maximum Gasteiger partial charge on any atom is 0.147 e. The second-order valence-electron chi connectivity index (χ2n) is 5.37. The van der Waals surface area contributed by atoms with E-state index < -0.39 is 5.54 Å². The van der Waals surface area contributed by atoms with E-state index in [1.165, 1.54) is 16.0 Å². The molecule has 0 atom stereocenters. The number of benzene rings is 2. The average molecular weight is 316 g/mol. The molecule has 0 fully saturated rings. The molecule has 4 aromatic rings. The molecule has 2 heterocycles. The van der Waals surface area contributed by atoms with Crippen molar-refractivity contribution >= 4 is 11.3 Å². The van der Waals surface area contributed by atoms with Crippen molar-refractivity contribution in [3.05, 3.63) is 113 Å². The van der Waals surface area contributed by atoms with E-state index in [-0.39, 0.29) is 0 Å². The molecule has 3 heteroatoms. The molecule has 0 amide bonds. The quantitative estimate of drug-likeness (QED) is 0.529. The van der Waals surface area contributed by atoms with E-state index in [2.05, 4.69) is 88.0 Å². The Bertz CT molecular complexity index is 775. The fourth-order valence-corrected chi connectivity index (χ4v) is 4.10. The zero-order valence-corrected chi connectivity index (χ0v) is 13.4. The Labute approximate surface area is 139 Å². The first-order valence-corrected chi connectivity index (χ1v) is 8.45. The molecule has 2 aromatic heterocycles. The monoisotopic (exact) mass is 316 g/mol. The zero-order valence-electron chi connectivity index (χ0n) is 12.5. The van der Waals surface area contributed by atoms with Crippen LogP contribution in [0.5, 0.6) is 0 Å². The second-order valence-corrected chi connectivity index (χ2v) is 6.32. The number of hydrogen-bond donors (Lipinski definition) is 0. The molecule has 23 heavy (non-hydrogen) atoms. The van der Waals surface area contributed by atoms with Gasteiger partial charge < -0.3 is 0 Å². The van der Waals surface area contributed by atoms with Crippen molar-refractivity contribution in [2.75, 3.05) is 0 Å². The molecule has 0 unspecified atom stereocenters. The first-order chi connectivity index (χ1) is 11.4. The van der Waals surface area contributed by atoms with Crippen molar-refractivity contribution in [1.29, 1.82) is 0 Å². The van der Waals surface area contributed by atoms with Gasteiger partial charge in [0, 0.05) is 17.3 Å². The van der Waals surface area contributed by atoms with Crippen molar-refractivity contribution in [3.63, 3.8) is 0 Å². The minimum Gasteiger partial charge on any atom is -0.252 e. The molecule has 0 aliphatic rings. The zero-order chi connectivity index (χ0) is 15.5. The van der Waals surface area contributed by atoms with Gasteiger partial charge in [-0.1, -0.05) is 66.7 Å². The lowest BCUT2D eigenvalue weighted by Crippen LogP contribution is -2.37. The van der Waals surface area contributed by atoms with Crippen molar-refractivity contribution in [2.24, 2.45) is 0 Å². The van der Waals surface area contributed by atoms with Gasteiger partial charge in [-0.25, -0.2) is 0 Å². The van der Waals surface area contributed by atoms with Crippen LogP contribution in [0.15, 0.2) is 96.6 Å². The third-order valence-corrected chi connectivity index (χ3v) is 5.09. The van der Waals surface area contributed by atoms with Gasteiger partial charge in [0.15, 0.2) is 0 Å². The highest BCUT2D eigenvalue weighted by molar-refractivity contribution is 7.10. The Balaban J connectivity index is 2.11. The summed E-state index contributed by atoms with van der Waals surface area (Å²) in [6, 6.07) is 27.4. The average Bonchev–Trinajstić information content (AvgIpc) is 3.32. The van der Waals surface area contributed by atoms with Crippen LogP contribution in [0.2, 0.25) is 0 Å². The summed E-state index contributed by atoms with van der Waals surface area (Å²) in [5.41, 5.74) is 1.97. The Morgan fingerprint density at radius 1 is 0.739 bits per heavy atom. The van der Waals surface area contributed by atoms with Crippen LogP contribution in [0.25, 0.3) is 0 Å². The van der Waals surface area contributed by atoms with Crippen LogP contribution in [0.1, 0.15) is 16.0 Å². The minimum atomic E-state index is -0.444. The van der Waals surface area contributed by atoms with Gasteiger partial charge in [-0.15, -0.1) is 11.3 Å². The summed E-state index contributed by atoms with van der Waals surface area (Å²) < 4.78 is 2.06. The second kappa shape index (κ2) is 5.86. The standard InChI is InChI=1S/C20H16N2S/c1-3-9-17(10-4-1)20(19-13-7-16-23-19,22-15-8-14-21-22)18-11-5-2-6-12-18/h1-16H. The molecular formula is C20H16N2S. The molecule has 4 rings (SSSR count). The summed E-state index contributed by atoms with van der Waals surface area (Å²) in [5, 5.41) is 6.75. The Kier molecular flexibility index (Phi) is 3.56. The van der Waals surface area contributed by atoms with Crippen molar-refractivity contribution in [2.45, 2.75) is 5.54 Å². The van der Waals surface area contributed by atoms with Crippen LogP contribution in [0.4, 0.5) is 0 Å². The number of rotatable bonds is 4. The molecule has 0 radical (unpaired) electrons. The number of nitrogens with zero attached hydrogens (tertiary/aromatic N) is 2. The van der Waals surface area contributed by atoms with Gasteiger partial charge in [-0.3, -0.25) is 4.68 Å². The smallest absolute Gasteiger partial charge is 0.147 e. The number of hydrogen-bond acceptors (Lipinski definition) is 2. The predicted octanol–water partition coefficient (Wildman–Crippen LogP) is 4.78. The van der Waals surface area contributed by atoms with Crippen LogP contribution in [0, 0.1) is 0 Å². The molecule has 2 nitrogen and oxygen atoms in total. The number of thiophene rings is 1. The Hall–Kier alpha value is -2.65. The number of aromatic nitrogens is 2. The van der Waals surface area contributed by atoms with Crippen molar-refractivity contribution in [1.82, 2.24) is 9.78 Å². The lowest BCUT2D eigenvalue weighted by atomic mass is 9.81. The fourth-order valence-electron chi connectivity index (χ4n) is 3.14. The lowest BCUT2D eigenvalue weighted by Gasteiger charge is -2.35. The van der Waals surface area contributed by atoms with Gasteiger partial charge in [0.2, 0.25) is 0 Å². The van der Waals surface area contributed by atoms with Gasteiger partial charge >= 0.3 is 0 Å². The molecule has 0 saturated carbocycles. The van der Waals surface area contributed by atoms with E-state index in [1.807, 2.05) is 18.5 Å². The van der Waals surface area contributed by atoms with Crippen LogP contribution < -0.4 is 0 Å². The molecule has 2 aromatic carbocycles. The molecule has 112 valence electrons. The van der Waals surface area contributed by atoms with E-state index >= 15 is 0 Å². The first-order valence-electron chi connectivity index (χ1n) is 7.57. The minimum absolute atomic E-state index is 0.444. The van der Waals surface area contributed by atoms with E-state index in [0.29, 0.717) is 0 Å². The molecule has 0 N–H and O–H groups in total. The molecular weight excluding hydrogens is 300 g/mol. The topological polar surface area (TPSA) is 17.8 Å². The van der Waals surface area contributed by atoms with Crippen molar-refractivity contribution in [3.8, 4) is 0 Å². The molecule has 0 bridgehead atoms.